The predicted octanol–water partition coefficient (Wildman–Crippen LogP) is 4.73. The van der Waals surface area contributed by atoms with E-state index in [0.717, 1.165) is 15.9 Å². The Labute approximate surface area is 236 Å². The summed E-state index contributed by atoms with van der Waals surface area (Å²) < 4.78 is 110. The molecule has 0 aliphatic carbocycles. The number of fused-ring (bicyclic) bond motifs is 1. The number of aromatic nitrogens is 1. The lowest BCUT2D eigenvalue weighted by Crippen LogP contribution is -2.54. The molecule has 0 saturated carbocycles. The van der Waals surface area contributed by atoms with Crippen molar-refractivity contribution < 1.29 is 49.8 Å². The first kappa shape index (κ1) is 31.3. The third kappa shape index (κ3) is 5.68. The Morgan fingerprint density at radius 2 is 1.69 bits per heavy atom. The Bertz CT molecular complexity index is 1560. The van der Waals surface area contributed by atoms with E-state index in [0.29, 0.717) is 17.7 Å². The molecule has 3 aromatic rings. The monoisotopic (exact) mass is 617 g/mol. The minimum atomic E-state index is -6.12. The molecule has 0 spiro atoms. The van der Waals surface area contributed by atoms with E-state index in [-0.39, 0.29) is 34.7 Å². The molecule has 1 aliphatic heterocycles. The number of rotatable bonds is 7. The summed E-state index contributed by atoms with van der Waals surface area (Å²) in [7, 11) is -4.48. The number of nitrogens with one attached hydrogen (secondary N) is 1. The summed E-state index contributed by atoms with van der Waals surface area (Å²) >= 11 is 0. The summed E-state index contributed by atoms with van der Waals surface area (Å²) in [6.45, 7) is 1.29. The largest absolute Gasteiger partial charge is 0.430 e. The topological polar surface area (TPSA) is 120 Å². The summed E-state index contributed by atoms with van der Waals surface area (Å²) in [4.78, 5) is 16.7. The number of benzene rings is 2. The van der Waals surface area contributed by atoms with Crippen molar-refractivity contribution in [2.24, 2.45) is 0 Å². The van der Waals surface area contributed by atoms with Crippen LogP contribution in [0.1, 0.15) is 35.1 Å². The number of carbonyl (C=O) groups excluding carboxylic acids is 1. The van der Waals surface area contributed by atoms with Crippen LogP contribution in [0, 0.1) is 6.92 Å². The average Bonchev–Trinajstić information content (AvgIpc) is 2.91. The first-order valence-corrected chi connectivity index (χ1v) is 13.9. The highest BCUT2D eigenvalue weighted by molar-refractivity contribution is 7.92. The SMILES string of the molecule is Cc1ccc(S(=O)(=O)N2c3ccc(C(O)(C(F)(F)F)C(F)(F)F)cc3CCC2CC(=O)Nc2cnccc2CO)cc1. The van der Waals surface area contributed by atoms with Gasteiger partial charge in [0.15, 0.2) is 0 Å². The minimum absolute atomic E-state index is 0.147. The number of alkyl halides is 6. The zero-order valence-corrected chi connectivity index (χ0v) is 22.7. The molecule has 0 radical (unpaired) electrons. The fraction of sp³-hybridized carbons (Fsp3) is 0.333. The molecule has 2 heterocycles. The standard InChI is InChI=1S/C27H25F6N3O5S/c1-16-2-7-21(8-3-16)42(40,41)36-20(13-24(38)35-22-14-34-11-10-18(22)15-37)6-4-17-12-19(5-9-23(17)36)25(39,26(28,29)30)27(31,32)33/h2-3,5,7-12,14,20,37,39H,4,6,13,15H2,1H3,(H,35,38). The first-order valence-electron chi connectivity index (χ1n) is 12.4. The van der Waals surface area contributed by atoms with Gasteiger partial charge in [0.05, 0.1) is 35.1 Å². The number of aliphatic hydroxyl groups is 2. The Balaban J connectivity index is 1.79. The van der Waals surface area contributed by atoms with E-state index in [9.17, 15) is 49.8 Å². The van der Waals surface area contributed by atoms with E-state index in [1.165, 1.54) is 42.7 Å². The highest BCUT2D eigenvalue weighted by Gasteiger charge is 2.71. The lowest BCUT2D eigenvalue weighted by Gasteiger charge is -2.39. The van der Waals surface area contributed by atoms with Gasteiger partial charge in [0, 0.05) is 23.7 Å². The number of sulfonamides is 1. The quantitative estimate of drug-likeness (QED) is 0.330. The normalized spacial score (nSPS) is 16.2. The van der Waals surface area contributed by atoms with Crippen LogP contribution in [0.15, 0.2) is 65.8 Å². The van der Waals surface area contributed by atoms with Crippen LogP contribution >= 0.6 is 0 Å². The Hall–Kier alpha value is -3.69. The zero-order chi connectivity index (χ0) is 31.1. The predicted molar refractivity (Wildman–Crippen MR) is 139 cm³/mol. The van der Waals surface area contributed by atoms with Gasteiger partial charge in [0.1, 0.15) is 0 Å². The van der Waals surface area contributed by atoms with Crippen molar-refractivity contribution in [1.82, 2.24) is 4.98 Å². The van der Waals surface area contributed by atoms with Crippen LogP contribution in [0.25, 0.3) is 0 Å². The van der Waals surface area contributed by atoms with Gasteiger partial charge in [-0.3, -0.25) is 14.1 Å². The smallest absolute Gasteiger partial charge is 0.392 e. The molecule has 2 aromatic carbocycles. The number of aryl methyl sites for hydroxylation is 2. The molecule has 8 nitrogen and oxygen atoms in total. The van der Waals surface area contributed by atoms with Crippen LogP contribution in [0.4, 0.5) is 37.7 Å². The van der Waals surface area contributed by atoms with Gasteiger partial charge in [-0.2, -0.15) is 26.3 Å². The lowest BCUT2D eigenvalue weighted by molar-refractivity contribution is -0.376. The summed E-state index contributed by atoms with van der Waals surface area (Å²) in [6, 6.07) is 7.61. The molecule has 1 aromatic heterocycles. The van der Waals surface area contributed by atoms with Gasteiger partial charge in [0.25, 0.3) is 15.6 Å². The number of nitrogens with zero attached hydrogens (tertiary/aromatic N) is 2. The molecular weight excluding hydrogens is 592 g/mol. The molecule has 1 unspecified atom stereocenters. The van der Waals surface area contributed by atoms with Crippen LogP contribution in [0.5, 0.6) is 0 Å². The first-order chi connectivity index (χ1) is 19.5. The molecule has 3 N–H and O–H groups in total. The van der Waals surface area contributed by atoms with Crippen molar-refractivity contribution in [2.45, 2.75) is 61.7 Å². The molecule has 0 bridgehead atoms. The van der Waals surface area contributed by atoms with Gasteiger partial charge in [-0.15, -0.1) is 0 Å². The Morgan fingerprint density at radius 1 is 1.05 bits per heavy atom. The molecular formula is C27H25F6N3O5S. The number of carbonyl (C=O) groups is 1. The van der Waals surface area contributed by atoms with E-state index in [2.05, 4.69) is 10.3 Å². The Morgan fingerprint density at radius 3 is 2.29 bits per heavy atom. The second-order valence-corrected chi connectivity index (χ2v) is 11.6. The van der Waals surface area contributed by atoms with Crippen molar-refractivity contribution in [3.63, 3.8) is 0 Å². The van der Waals surface area contributed by atoms with Gasteiger partial charge < -0.3 is 15.5 Å². The molecule has 15 heteroatoms. The summed E-state index contributed by atoms with van der Waals surface area (Å²) in [5.41, 5.74) is -5.89. The Kier molecular flexibility index (Phi) is 8.32. The second-order valence-electron chi connectivity index (χ2n) is 9.80. The second kappa shape index (κ2) is 11.2. The fourth-order valence-corrected chi connectivity index (χ4v) is 6.49. The third-order valence-electron chi connectivity index (χ3n) is 6.99. The molecule has 226 valence electrons. The minimum Gasteiger partial charge on any atom is -0.392 e. The van der Waals surface area contributed by atoms with Crippen molar-refractivity contribution in [1.29, 1.82) is 0 Å². The van der Waals surface area contributed by atoms with Crippen LogP contribution in [-0.2, 0) is 33.4 Å². The molecule has 1 amide bonds. The number of hydrogen-bond donors (Lipinski definition) is 3. The van der Waals surface area contributed by atoms with Gasteiger partial charge >= 0.3 is 12.4 Å². The summed E-state index contributed by atoms with van der Waals surface area (Å²) in [5, 5.41) is 21.9. The van der Waals surface area contributed by atoms with E-state index < -0.39 is 58.5 Å². The molecule has 1 aliphatic rings. The number of aliphatic hydroxyl groups excluding tert-OH is 1. The van der Waals surface area contributed by atoms with E-state index in [1.807, 2.05) is 0 Å². The van der Waals surface area contributed by atoms with Gasteiger partial charge in [-0.1, -0.05) is 29.8 Å². The van der Waals surface area contributed by atoms with Gasteiger partial charge in [-0.05, 0) is 49.6 Å². The zero-order valence-electron chi connectivity index (χ0n) is 21.9. The molecule has 42 heavy (non-hydrogen) atoms. The van der Waals surface area contributed by atoms with Crippen molar-refractivity contribution in [3.05, 3.63) is 83.2 Å². The van der Waals surface area contributed by atoms with Crippen LogP contribution in [0.2, 0.25) is 0 Å². The summed E-state index contributed by atoms with van der Waals surface area (Å²) in [5.74, 6) is -0.671. The number of anilines is 2. The highest BCUT2D eigenvalue weighted by atomic mass is 32.2. The maximum atomic E-state index is 13.9. The number of pyridine rings is 1. The fourth-order valence-electron chi connectivity index (χ4n) is 4.77. The molecule has 4 rings (SSSR count). The van der Waals surface area contributed by atoms with Crippen LogP contribution < -0.4 is 9.62 Å². The molecule has 1 atom stereocenters. The van der Waals surface area contributed by atoms with E-state index in [1.54, 1.807) is 6.92 Å². The van der Waals surface area contributed by atoms with Gasteiger partial charge in [0.2, 0.25) is 5.91 Å². The average molecular weight is 618 g/mol. The number of halogens is 6. The van der Waals surface area contributed by atoms with E-state index >= 15 is 0 Å². The third-order valence-corrected chi connectivity index (χ3v) is 8.87. The molecule has 0 saturated heterocycles. The van der Waals surface area contributed by atoms with E-state index in [4.69, 9.17) is 0 Å². The van der Waals surface area contributed by atoms with Crippen molar-refractivity contribution in [2.75, 3.05) is 9.62 Å². The highest BCUT2D eigenvalue weighted by Crippen LogP contribution is 2.51. The lowest BCUT2D eigenvalue weighted by atomic mass is 9.87. The number of hydrogen-bond acceptors (Lipinski definition) is 6. The molecule has 0 fully saturated rings. The van der Waals surface area contributed by atoms with Crippen molar-refractivity contribution in [3.8, 4) is 0 Å². The summed E-state index contributed by atoms with van der Waals surface area (Å²) in [6.07, 6.45) is -10.4. The van der Waals surface area contributed by atoms with Crippen molar-refractivity contribution >= 4 is 27.3 Å². The maximum absolute atomic E-state index is 13.9. The maximum Gasteiger partial charge on any atom is 0.430 e. The van der Waals surface area contributed by atoms with Crippen LogP contribution in [-0.4, -0.2) is 47.9 Å². The van der Waals surface area contributed by atoms with Gasteiger partial charge in [-0.25, -0.2) is 8.42 Å². The number of amides is 1. The van der Waals surface area contributed by atoms with Crippen LogP contribution in [0.3, 0.4) is 0 Å².